The molecule has 0 unspecified atom stereocenters. The van der Waals surface area contributed by atoms with E-state index in [-0.39, 0.29) is 19.9 Å². The van der Waals surface area contributed by atoms with Gasteiger partial charge in [-0.2, -0.15) is 4.98 Å². The third kappa shape index (κ3) is 5.31. The molecule has 2 aromatic heterocycles. The predicted molar refractivity (Wildman–Crippen MR) is 141 cm³/mol. The van der Waals surface area contributed by atoms with Crippen LogP contribution >= 0.6 is 0 Å². The van der Waals surface area contributed by atoms with Gasteiger partial charge in [0.05, 0.1) is 39.0 Å². The molecule has 0 spiro atoms. The van der Waals surface area contributed by atoms with Crippen LogP contribution in [0.25, 0.3) is 11.0 Å². The quantitative estimate of drug-likeness (QED) is 0.383. The number of rotatable bonds is 10. The largest absolute Gasteiger partial charge is 0.479 e. The first-order chi connectivity index (χ1) is 18.9. The minimum atomic E-state index is -0.886. The zero-order chi connectivity index (χ0) is 27.6. The number of hydrogen-bond acceptors (Lipinski definition) is 9. The first-order valence-corrected chi connectivity index (χ1v) is 13.3. The van der Waals surface area contributed by atoms with Gasteiger partial charge in [0.25, 0.3) is 0 Å². The number of benzene rings is 1. The molecule has 4 atom stereocenters. The molecular weight excluding hydrogens is 504 g/mol. The van der Waals surface area contributed by atoms with Gasteiger partial charge in [0.15, 0.2) is 5.79 Å². The van der Waals surface area contributed by atoms with Crippen LogP contribution in [-0.2, 0) is 32.3 Å². The Morgan fingerprint density at radius 3 is 2.64 bits per heavy atom. The molecule has 1 amide bonds. The zero-order valence-corrected chi connectivity index (χ0v) is 22.8. The van der Waals surface area contributed by atoms with E-state index in [1.807, 2.05) is 61.9 Å². The normalized spacial score (nSPS) is 23.8. The molecule has 0 radical (unpaired) electrons. The van der Waals surface area contributed by atoms with E-state index in [1.54, 1.807) is 12.0 Å². The van der Waals surface area contributed by atoms with Crippen molar-refractivity contribution >= 4 is 17.1 Å². The van der Waals surface area contributed by atoms with Gasteiger partial charge >= 0.3 is 6.09 Å². The van der Waals surface area contributed by atoms with E-state index in [2.05, 4.69) is 9.97 Å². The maximum absolute atomic E-state index is 13.5. The van der Waals surface area contributed by atoms with Gasteiger partial charge in [0.2, 0.25) is 5.88 Å². The van der Waals surface area contributed by atoms with Crippen molar-refractivity contribution < 1.29 is 33.6 Å². The Kier molecular flexibility index (Phi) is 8.03. The lowest BCUT2D eigenvalue weighted by molar-refractivity contribution is -0.168. The summed E-state index contributed by atoms with van der Waals surface area (Å²) < 4.78 is 31.6. The second-order valence-electron chi connectivity index (χ2n) is 10.2. The van der Waals surface area contributed by atoms with Crippen LogP contribution in [0.3, 0.4) is 0 Å². The van der Waals surface area contributed by atoms with Crippen LogP contribution in [-0.4, -0.2) is 75.0 Å². The summed E-state index contributed by atoms with van der Waals surface area (Å²) in [7, 11) is 1.55. The summed E-state index contributed by atoms with van der Waals surface area (Å²) in [4.78, 5) is 23.9. The van der Waals surface area contributed by atoms with Crippen molar-refractivity contribution in [2.45, 2.75) is 77.0 Å². The first-order valence-electron chi connectivity index (χ1n) is 13.3. The number of ether oxygens (including phenoxy) is 5. The summed E-state index contributed by atoms with van der Waals surface area (Å²) in [5.74, 6) is -0.507. The van der Waals surface area contributed by atoms with E-state index in [0.29, 0.717) is 29.1 Å². The Morgan fingerprint density at radius 1 is 1.15 bits per heavy atom. The molecule has 4 heterocycles. The molecule has 11 heteroatoms. The summed E-state index contributed by atoms with van der Waals surface area (Å²) in [6, 6.07) is 8.59. The Morgan fingerprint density at radius 2 is 1.92 bits per heavy atom. The predicted octanol–water partition coefficient (Wildman–Crippen LogP) is 3.79. The van der Waals surface area contributed by atoms with E-state index in [4.69, 9.17) is 23.7 Å². The van der Waals surface area contributed by atoms with E-state index in [0.717, 1.165) is 18.4 Å². The van der Waals surface area contributed by atoms with Crippen LogP contribution < -0.4 is 4.74 Å². The SMILES string of the molecule is CCCCOC(=O)N1[C@H](CO)[C@H]2OC(C)(C)O[C@H]2[C@@H]1c1cn(COCc2ccccc2)c2c(OC)ncnc12. The summed E-state index contributed by atoms with van der Waals surface area (Å²) >= 11 is 0. The summed E-state index contributed by atoms with van der Waals surface area (Å²) in [5.41, 5.74) is 2.96. The lowest BCUT2D eigenvalue weighted by Crippen LogP contribution is -2.45. The summed E-state index contributed by atoms with van der Waals surface area (Å²) in [5, 5.41) is 10.4. The molecule has 1 aromatic carbocycles. The van der Waals surface area contributed by atoms with Gasteiger partial charge in [-0.3, -0.25) is 4.90 Å². The van der Waals surface area contributed by atoms with Crippen molar-refractivity contribution in [3.8, 4) is 5.88 Å². The molecule has 3 aromatic rings. The van der Waals surface area contributed by atoms with Gasteiger partial charge in [0, 0.05) is 11.8 Å². The number of aliphatic hydroxyl groups is 1. The van der Waals surface area contributed by atoms with Gasteiger partial charge in [-0.1, -0.05) is 43.7 Å². The molecule has 210 valence electrons. The summed E-state index contributed by atoms with van der Waals surface area (Å²) in [6.07, 6.45) is 3.30. The molecule has 39 heavy (non-hydrogen) atoms. The fourth-order valence-electron chi connectivity index (χ4n) is 5.46. The molecule has 0 saturated carbocycles. The van der Waals surface area contributed by atoms with Crippen LogP contribution in [0.4, 0.5) is 4.79 Å². The topological polar surface area (TPSA) is 117 Å². The van der Waals surface area contributed by atoms with Crippen molar-refractivity contribution in [2.24, 2.45) is 0 Å². The molecule has 2 fully saturated rings. The van der Waals surface area contributed by atoms with E-state index < -0.39 is 36.2 Å². The average Bonchev–Trinajstić information content (AvgIpc) is 3.55. The molecular formula is C28H36N4O7. The maximum Gasteiger partial charge on any atom is 0.410 e. The number of carbonyl (C=O) groups excluding carboxylic acids is 1. The van der Waals surface area contributed by atoms with E-state index >= 15 is 0 Å². The number of aliphatic hydroxyl groups excluding tert-OH is 1. The molecule has 2 saturated heterocycles. The van der Waals surface area contributed by atoms with Crippen LogP contribution in [0, 0.1) is 0 Å². The molecule has 0 bridgehead atoms. The number of aromatic nitrogens is 3. The Balaban J connectivity index is 1.55. The number of unbranched alkanes of at least 4 members (excludes halogenated alkanes) is 1. The zero-order valence-electron chi connectivity index (χ0n) is 22.8. The average molecular weight is 541 g/mol. The molecule has 11 nitrogen and oxygen atoms in total. The third-order valence-electron chi connectivity index (χ3n) is 7.13. The summed E-state index contributed by atoms with van der Waals surface area (Å²) in [6.45, 7) is 6.26. The van der Waals surface area contributed by atoms with Crippen LogP contribution in [0.2, 0.25) is 0 Å². The number of nitrogens with zero attached hydrogens (tertiary/aromatic N) is 4. The van der Waals surface area contributed by atoms with Gasteiger partial charge < -0.3 is 33.4 Å². The van der Waals surface area contributed by atoms with Gasteiger partial charge in [-0.25, -0.2) is 9.78 Å². The fraction of sp³-hybridized carbons (Fsp3) is 0.536. The maximum atomic E-state index is 13.5. The highest BCUT2D eigenvalue weighted by molar-refractivity contribution is 5.85. The highest BCUT2D eigenvalue weighted by Gasteiger charge is 2.60. The standard InChI is InChI=1S/C28H36N4O7/c1-5-6-12-37-27(34)32-20(14-33)24-25(39-28(2,3)38-24)22(32)19-13-31(17-36-15-18-10-8-7-9-11-18)23-21(19)29-16-30-26(23)35-4/h7-11,13,16,20,22,24-25,33H,5-6,12,14-15,17H2,1-4H3/t20-,22+,24-,25+/m1/s1. The van der Waals surface area contributed by atoms with Crippen molar-refractivity contribution in [1.82, 2.24) is 19.4 Å². The number of likely N-dealkylation sites (tertiary alicyclic amines) is 1. The number of hydrogen-bond donors (Lipinski definition) is 1. The monoisotopic (exact) mass is 540 g/mol. The highest BCUT2D eigenvalue weighted by atomic mass is 16.8. The van der Waals surface area contributed by atoms with E-state index in [1.165, 1.54) is 6.33 Å². The highest BCUT2D eigenvalue weighted by Crippen LogP contribution is 2.49. The van der Waals surface area contributed by atoms with Crippen molar-refractivity contribution in [1.29, 1.82) is 0 Å². The minimum absolute atomic E-state index is 0.198. The number of methoxy groups -OCH3 is 1. The minimum Gasteiger partial charge on any atom is -0.479 e. The number of amides is 1. The number of fused-ring (bicyclic) bond motifs is 2. The molecule has 5 rings (SSSR count). The van der Waals surface area contributed by atoms with Crippen LogP contribution in [0.1, 0.15) is 50.8 Å². The van der Waals surface area contributed by atoms with E-state index in [9.17, 15) is 9.90 Å². The van der Waals surface area contributed by atoms with Crippen molar-refractivity contribution in [3.63, 3.8) is 0 Å². The van der Waals surface area contributed by atoms with Crippen LogP contribution in [0.5, 0.6) is 5.88 Å². The van der Waals surface area contributed by atoms with Crippen molar-refractivity contribution in [3.05, 3.63) is 54.0 Å². The molecule has 2 aliphatic heterocycles. The van der Waals surface area contributed by atoms with Gasteiger partial charge in [-0.05, 0) is 25.8 Å². The second kappa shape index (κ2) is 11.5. The van der Waals surface area contributed by atoms with Crippen molar-refractivity contribution in [2.75, 3.05) is 20.3 Å². The molecule has 0 aliphatic carbocycles. The Hall–Kier alpha value is -3.25. The van der Waals surface area contributed by atoms with Gasteiger partial charge in [0.1, 0.15) is 36.3 Å². The lowest BCUT2D eigenvalue weighted by Gasteiger charge is -2.32. The van der Waals surface area contributed by atoms with Crippen LogP contribution in [0.15, 0.2) is 42.9 Å². The third-order valence-corrected chi connectivity index (χ3v) is 7.13. The second-order valence-corrected chi connectivity index (χ2v) is 10.2. The Labute approximate surface area is 227 Å². The number of carbonyl (C=O) groups is 1. The van der Waals surface area contributed by atoms with Gasteiger partial charge in [-0.15, -0.1) is 0 Å². The fourth-order valence-corrected chi connectivity index (χ4v) is 5.46. The first kappa shape index (κ1) is 27.3. The molecule has 2 aliphatic rings. The molecule has 1 N–H and O–H groups in total. The Bertz CT molecular complexity index is 1280. The smallest absolute Gasteiger partial charge is 0.410 e. The lowest BCUT2D eigenvalue weighted by atomic mass is 10.0.